The number of aromatic nitrogens is 5. The molecule has 13 heteroatoms. The Kier molecular flexibility index (Phi) is 5.67. The maximum Gasteiger partial charge on any atom is 0.417 e. The second-order valence-electron chi connectivity index (χ2n) is 9.49. The molecule has 2 bridgehead atoms. The maximum atomic E-state index is 14.9. The first-order chi connectivity index (χ1) is 17.0. The van der Waals surface area contributed by atoms with Gasteiger partial charge >= 0.3 is 12.2 Å². The Bertz CT molecular complexity index is 1280. The Morgan fingerprint density at radius 2 is 1.81 bits per heavy atom. The van der Waals surface area contributed by atoms with E-state index in [1.165, 1.54) is 0 Å². The zero-order chi connectivity index (χ0) is 25.8. The maximum absolute atomic E-state index is 14.9. The molecule has 4 heterocycles. The molecule has 3 fully saturated rings. The molecule has 2 amide bonds. The molecule has 2 saturated heterocycles. The number of benzene rings is 1. The van der Waals surface area contributed by atoms with Crippen LogP contribution in [0.2, 0.25) is 0 Å². The van der Waals surface area contributed by atoms with E-state index >= 15 is 0 Å². The number of anilines is 1. The number of hydrogen-bond acceptors (Lipinski definition) is 5. The van der Waals surface area contributed by atoms with Gasteiger partial charge in [0.2, 0.25) is 0 Å². The van der Waals surface area contributed by atoms with Crippen LogP contribution in [0.3, 0.4) is 0 Å². The molecule has 6 rings (SSSR count). The highest BCUT2D eigenvalue weighted by Gasteiger charge is 2.61. The van der Waals surface area contributed by atoms with Gasteiger partial charge in [-0.3, -0.25) is 0 Å². The third kappa shape index (κ3) is 3.95. The van der Waals surface area contributed by atoms with Gasteiger partial charge in [-0.05, 0) is 44.2 Å². The standard InChI is InChI=1S/C23H22F5N7O/c1-12-3-15-7-22(6-12,13(2)34-10-31-32-11-34)35(15)21(36)33-19-4-16(20-29-8-14(24)9-30-20)17(5-18(19)25)23(26,27)28/h4-5,8-13,15H,3,6-7H2,1-2H3,(H,33,36)/t12-,13-,15+,22-/m1/s1. The largest absolute Gasteiger partial charge is 0.417 e. The number of fused-ring (bicyclic) bond motifs is 2. The van der Waals surface area contributed by atoms with Crippen LogP contribution in [-0.4, -0.2) is 47.2 Å². The fraction of sp³-hybridized carbons (Fsp3) is 0.435. The van der Waals surface area contributed by atoms with Gasteiger partial charge in [0.25, 0.3) is 0 Å². The average Bonchev–Trinajstić information content (AvgIpc) is 3.34. The van der Waals surface area contributed by atoms with Crippen molar-refractivity contribution >= 4 is 11.7 Å². The Labute approximate surface area is 202 Å². The minimum absolute atomic E-state index is 0.0925. The van der Waals surface area contributed by atoms with E-state index in [0.29, 0.717) is 24.7 Å². The average molecular weight is 507 g/mol. The van der Waals surface area contributed by atoms with Gasteiger partial charge in [0.15, 0.2) is 11.6 Å². The number of alkyl halides is 3. The van der Waals surface area contributed by atoms with Crippen LogP contribution in [0.5, 0.6) is 0 Å². The van der Waals surface area contributed by atoms with E-state index < -0.39 is 52.0 Å². The van der Waals surface area contributed by atoms with Gasteiger partial charge in [-0.25, -0.2) is 23.5 Å². The third-order valence-electron chi connectivity index (χ3n) is 7.21. The molecule has 1 aliphatic carbocycles. The van der Waals surface area contributed by atoms with E-state index in [4.69, 9.17) is 0 Å². The van der Waals surface area contributed by atoms with Gasteiger partial charge < -0.3 is 14.8 Å². The molecular weight excluding hydrogens is 485 g/mol. The first kappa shape index (κ1) is 24.1. The number of nitrogens with one attached hydrogen (secondary N) is 1. The fourth-order valence-electron chi connectivity index (χ4n) is 5.68. The SMILES string of the molecule is C[C@@H]1C[C@H]2C[C@@]([C@@H](C)n3cnnc3)(C1)N2C(=O)Nc1cc(-c2ncc(F)cn2)c(C(F)(F)F)cc1F. The smallest absolute Gasteiger partial charge is 0.315 e. The van der Waals surface area contributed by atoms with Crippen LogP contribution in [0.15, 0.2) is 37.2 Å². The molecule has 1 N–H and O–H groups in total. The van der Waals surface area contributed by atoms with Crippen molar-refractivity contribution in [1.29, 1.82) is 0 Å². The number of urea groups is 1. The summed E-state index contributed by atoms with van der Waals surface area (Å²) in [5, 5.41) is 10.1. The lowest BCUT2D eigenvalue weighted by Crippen LogP contribution is -2.74. The predicted molar refractivity (Wildman–Crippen MR) is 118 cm³/mol. The molecule has 1 saturated carbocycles. The molecule has 0 spiro atoms. The van der Waals surface area contributed by atoms with Crippen molar-refractivity contribution in [2.45, 2.75) is 56.9 Å². The van der Waals surface area contributed by atoms with Crippen LogP contribution in [0.1, 0.15) is 44.7 Å². The Morgan fingerprint density at radius 3 is 2.44 bits per heavy atom. The lowest BCUT2D eigenvalue weighted by molar-refractivity contribution is -0.137. The van der Waals surface area contributed by atoms with E-state index in [0.717, 1.165) is 18.9 Å². The molecule has 3 aliphatic rings. The highest BCUT2D eigenvalue weighted by atomic mass is 19.4. The Hall–Kier alpha value is -3.64. The van der Waals surface area contributed by atoms with Gasteiger partial charge in [-0.1, -0.05) is 6.92 Å². The molecule has 4 atom stereocenters. The number of rotatable bonds is 4. The van der Waals surface area contributed by atoms with Crippen molar-refractivity contribution in [3.8, 4) is 11.4 Å². The summed E-state index contributed by atoms with van der Waals surface area (Å²) in [5.74, 6) is -2.21. The number of halogens is 5. The lowest BCUT2D eigenvalue weighted by Gasteiger charge is -2.65. The van der Waals surface area contributed by atoms with Crippen LogP contribution < -0.4 is 5.32 Å². The summed E-state index contributed by atoms with van der Waals surface area (Å²) in [6.07, 6.45) is 1.80. The summed E-state index contributed by atoms with van der Waals surface area (Å²) in [6, 6.07) is 0.217. The van der Waals surface area contributed by atoms with Gasteiger partial charge in [-0.15, -0.1) is 10.2 Å². The predicted octanol–water partition coefficient (Wildman–Crippen LogP) is 5.07. The second kappa shape index (κ2) is 8.49. The topological polar surface area (TPSA) is 88.8 Å². The number of carbonyl (C=O) groups excluding carboxylic acids is 1. The molecule has 8 nitrogen and oxygen atoms in total. The second-order valence-corrected chi connectivity index (χ2v) is 9.49. The monoisotopic (exact) mass is 507 g/mol. The van der Waals surface area contributed by atoms with Crippen LogP contribution in [0.25, 0.3) is 11.4 Å². The van der Waals surface area contributed by atoms with Gasteiger partial charge in [-0.2, -0.15) is 13.2 Å². The summed E-state index contributed by atoms with van der Waals surface area (Å²) < 4.78 is 70.8. The van der Waals surface area contributed by atoms with E-state index in [9.17, 15) is 26.7 Å². The molecule has 0 unspecified atom stereocenters. The van der Waals surface area contributed by atoms with Crippen molar-refractivity contribution in [1.82, 2.24) is 29.6 Å². The highest BCUT2D eigenvalue weighted by Crippen LogP contribution is 2.55. The van der Waals surface area contributed by atoms with Crippen molar-refractivity contribution < 1.29 is 26.7 Å². The van der Waals surface area contributed by atoms with E-state index in [-0.39, 0.29) is 18.2 Å². The molecule has 190 valence electrons. The van der Waals surface area contributed by atoms with E-state index in [2.05, 4.69) is 32.4 Å². The molecule has 1 aromatic carbocycles. The first-order valence-corrected chi connectivity index (χ1v) is 11.3. The molecular formula is C23H22F5N7O. The number of amides is 2. The molecule has 2 aliphatic heterocycles. The summed E-state index contributed by atoms with van der Waals surface area (Å²) in [7, 11) is 0. The third-order valence-corrected chi connectivity index (χ3v) is 7.21. The van der Waals surface area contributed by atoms with Crippen LogP contribution in [0.4, 0.5) is 32.4 Å². The van der Waals surface area contributed by atoms with Gasteiger partial charge in [0, 0.05) is 11.6 Å². The highest BCUT2D eigenvalue weighted by molar-refractivity contribution is 5.92. The summed E-state index contributed by atoms with van der Waals surface area (Å²) in [4.78, 5) is 22.3. The first-order valence-electron chi connectivity index (χ1n) is 11.3. The van der Waals surface area contributed by atoms with Crippen LogP contribution in [0, 0.1) is 17.6 Å². The zero-order valence-electron chi connectivity index (χ0n) is 19.3. The van der Waals surface area contributed by atoms with Gasteiger partial charge in [0.1, 0.15) is 18.5 Å². The number of carbonyl (C=O) groups is 1. The number of hydrogen-bond donors (Lipinski definition) is 1. The minimum atomic E-state index is -4.93. The quantitative estimate of drug-likeness (QED) is 0.499. The van der Waals surface area contributed by atoms with Crippen molar-refractivity contribution in [3.05, 3.63) is 54.4 Å². The van der Waals surface area contributed by atoms with Gasteiger partial charge in [0.05, 0.1) is 35.2 Å². The molecule has 2 aromatic heterocycles. The van der Waals surface area contributed by atoms with Crippen molar-refractivity contribution in [2.75, 3.05) is 5.32 Å². The number of nitrogens with zero attached hydrogens (tertiary/aromatic N) is 6. The van der Waals surface area contributed by atoms with Crippen molar-refractivity contribution in [2.24, 2.45) is 5.92 Å². The Balaban J connectivity index is 1.49. The van der Waals surface area contributed by atoms with E-state index in [1.807, 2.05) is 6.92 Å². The van der Waals surface area contributed by atoms with Crippen LogP contribution in [-0.2, 0) is 6.18 Å². The summed E-state index contributed by atoms with van der Waals surface area (Å²) in [5.41, 5.74) is -2.96. The van der Waals surface area contributed by atoms with E-state index in [1.54, 1.807) is 22.1 Å². The summed E-state index contributed by atoms with van der Waals surface area (Å²) >= 11 is 0. The molecule has 3 aromatic rings. The fourth-order valence-corrected chi connectivity index (χ4v) is 5.68. The molecule has 36 heavy (non-hydrogen) atoms. The minimum Gasteiger partial charge on any atom is -0.315 e. The number of piperidine rings is 1. The van der Waals surface area contributed by atoms with Crippen LogP contribution >= 0.6 is 0 Å². The van der Waals surface area contributed by atoms with Crippen molar-refractivity contribution in [3.63, 3.8) is 0 Å². The lowest BCUT2D eigenvalue weighted by atomic mass is 9.61. The normalized spacial score (nSPS) is 24.2. The zero-order valence-corrected chi connectivity index (χ0v) is 19.3. The Morgan fingerprint density at radius 1 is 1.14 bits per heavy atom. The summed E-state index contributed by atoms with van der Waals surface area (Å²) in [6.45, 7) is 4.04. The molecule has 0 radical (unpaired) electrons.